The molecular weight excluding hydrogens is 346 g/mol. The summed E-state index contributed by atoms with van der Waals surface area (Å²) in [4.78, 5) is 9.31. The molecule has 2 aromatic rings. The van der Waals surface area contributed by atoms with Crippen molar-refractivity contribution in [2.24, 2.45) is 11.8 Å². The van der Waals surface area contributed by atoms with Crippen LogP contribution in [0.25, 0.3) is 0 Å². The Balaban J connectivity index is 1.30. The molecule has 2 aliphatic carbocycles. The van der Waals surface area contributed by atoms with Gasteiger partial charge in [-0.3, -0.25) is 9.88 Å². The fourth-order valence-corrected chi connectivity index (χ4v) is 5.13. The number of pyridine rings is 1. The third-order valence-corrected chi connectivity index (χ3v) is 6.76. The molecule has 1 aromatic heterocycles. The predicted octanol–water partition coefficient (Wildman–Crippen LogP) is 4.21. The minimum Gasteiger partial charge on any atom is -0.487 e. The van der Waals surface area contributed by atoms with Gasteiger partial charge in [0.2, 0.25) is 0 Å². The van der Waals surface area contributed by atoms with Crippen LogP contribution in [0.2, 0.25) is 0 Å². The molecule has 0 radical (unpaired) electrons. The zero-order chi connectivity index (χ0) is 19.5. The van der Waals surface area contributed by atoms with Crippen LogP contribution in [-0.4, -0.2) is 48.0 Å². The van der Waals surface area contributed by atoms with Gasteiger partial charge in [0.25, 0.3) is 0 Å². The first-order chi connectivity index (χ1) is 13.6. The Labute approximate surface area is 169 Å². The van der Waals surface area contributed by atoms with Gasteiger partial charge in [0, 0.05) is 24.8 Å². The van der Waals surface area contributed by atoms with Gasteiger partial charge < -0.3 is 9.64 Å². The average Bonchev–Trinajstić information content (AvgIpc) is 3.27. The molecule has 4 rings (SSSR count). The minimum atomic E-state index is 0.513. The Bertz CT molecular complexity index is 749. The number of fused-ring (bicyclic) bond motifs is 1. The van der Waals surface area contributed by atoms with Gasteiger partial charge >= 0.3 is 0 Å². The van der Waals surface area contributed by atoms with Gasteiger partial charge in [0.05, 0.1) is 5.69 Å². The maximum absolute atomic E-state index is 5.95. The number of nitrogens with zero attached hydrogens (tertiary/aromatic N) is 3. The molecule has 1 heterocycles. The number of benzene rings is 1. The molecule has 4 atom stereocenters. The van der Waals surface area contributed by atoms with E-state index in [9.17, 15) is 0 Å². The molecular formula is C24H33N3O. The minimum absolute atomic E-state index is 0.513. The van der Waals surface area contributed by atoms with Crippen LogP contribution in [0.15, 0.2) is 48.7 Å². The fraction of sp³-hybridized carbons (Fsp3) is 0.542. The summed E-state index contributed by atoms with van der Waals surface area (Å²) in [5.41, 5.74) is 2.28. The monoisotopic (exact) mass is 379 g/mol. The van der Waals surface area contributed by atoms with E-state index in [0.717, 1.165) is 41.9 Å². The zero-order valence-corrected chi connectivity index (χ0v) is 17.4. The summed E-state index contributed by atoms with van der Waals surface area (Å²) in [6.07, 6.45) is 7.31. The highest BCUT2D eigenvalue weighted by molar-refractivity contribution is 5.28. The molecule has 2 fully saturated rings. The number of hydrogen-bond donors (Lipinski definition) is 0. The van der Waals surface area contributed by atoms with Gasteiger partial charge in [-0.1, -0.05) is 18.2 Å². The lowest BCUT2D eigenvalue weighted by atomic mass is 10.0. The van der Waals surface area contributed by atoms with E-state index in [1.165, 1.54) is 31.2 Å². The molecule has 2 unspecified atom stereocenters. The van der Waals surface area contributed by atoms with Crippen molar-refractivity contribution >= 4 is 0 Å². The normalized spacial score (nSPS) is 26.8. The van der Waals surface area contributed by atoms with E-state index < -0.39 is 0 Å². The predicted molar refractivity (Wildman–Crippen MR) is 113 cm³/mol. The second-order valence-corrected chi connectivity index (χ2v) is 8.91. The van der Waals surface area contributed by atoms with Gasteiger partial charge in [-0.2, -0.15) is 0 Å². The molecule has 1 aromatic carbocycles. The van der Waals surface area contributed by atoms with E-state index in [0.29, 0.717) is 6.61 Å². The zero-order valence-electron chi connectivity index (χ0n) is 17.4. The molecule has 150 valence electrons. The van der Waals surface area contributed by atoms with Gasteiger partial charge in [-0.25, -0.2) is 0 Å². The van der Waals surface area contributed by atoms with Crippen molar-refractivity contribution in [3.63, 3.8) is 0 Å². The van der Waals surface area contributed by atoms with Crippen molar-refractivity contribution in [3.8, 4) is 5.75 Å². The molecule has 0 saturated heterocycles. The Morgan fingerprint density at radius 1 is 0.929 bits per heavy atom. The van der Waals surface area contributed by atoms with Gasteiger partial charge in [0.1, 0.15) is 12.4 Å². The molecule has 28 heavy (non-hydrogen) atoms. The lowest BCUT2D eigenvalue weighted by molar-refractivity contribution is 0.211. The average molecular weight is 380 g/mol. The van der Waals surface area contributed by atoms with Crippen molar-refractivity contribution in [2.75, 3.05) is 21.1 Å². The molecule has 0 aliphatic heterocycles. The van der Waals surface area contributed by atoms with Crippen LogP contribution in [0.3, 0.4) is 0 Å². The summed E-state index contributed by atoms with van der Waals surface area (Å²) in [6, 6.07) is 16.0. The van der Waals surface area contributed by atoms with Gasteiger partial charge in [-0.15, -0.1) is 0 Å². The van der Waals surface area contributed by atoms with Crippen molar-refractivity contribution in [1.82, 2.24) is 14.8 Å². The largest absolute Gasteiger partial charge is 0.487 e. The first-order valence-electron chi connectivity index (χ1n) is 10.6. The third-order valence-electron chi connectivity index (χ3n) is 6.76. The van der Waals surface area contributed by atoms with Crippen molar-refractivity contribution in [3.05, 3.63) is 59.9 Å². The molecule has 0 N–H and O–H groups in total. The summed E-state index contributed by atoms with van der Waals surface area (Å²) in [7, 11) is 6.76. The Kier molecular flexibility index (Phi) is 5.98. The highest BCUT2D eigenvalue weighted by Gasteiger charge is 2.43. The molecule has 4 nitrogen and oxygen atoms in total. The summed E-state index contributed by atoms with van der Waals surface area (Å²) in [5.74, 6) is 2.77. The number of hydrogen-bond acceptors (Lipinski definition) is 4. The molecule has 0 amide bonds. The van der Waals surface area contributed by atoms with Crippen LogP contribution >= 0.6 is 0 Å². The number of rotatable bonds is 7. The second kappa shape index (κ2) is 8.62. The number of ether oxygens (including phenoxy) is 1. The summed E-state index contributed by atoms with van der Waals surface area (Å²) < 4.78 is 5.95. The Morgan fingerprint density at radius 2 is 1.68 bits per heavy atom. The Morgan fingerprint density at radius 3 is 2.36 bits per heavy atom. The topological polar surface area (TPSA) is 28.6 Å². The second-order valence-electron chi connectivity index (χ2n) is 8.91. The smallest absolute Gasteiger partial charge is 0.130 e. The van der Waals surface area contributed by atoms with Crippen LogP contribution in [-0.2, 0) is 13.2 Å². The quantitative estimate of drug-likeness (QED) is 0.720. The third kappa shape index (κ3) is 4.56. The van der Waals surface area contributed by atoms with E-state index in [-0.39, 0.29) is 0 Å². The Hall–Kier alpha value is -1.91. The van der Waals surface area contributed by atoms with E-state index >= 15 is 0 Å². The molecule has 0 spiro atoms. The molecule has 4 heteroatoms. The van der Waals surface area contributed by atoms with Crippen LogP contribution in [0, 0.1) is 11.8 Å². The van der Waals surface area contributed by atoms with Crippen LogP contribution in [0.1, 0.15) is 36.9 Å². The van der Waals surface area contributed by atoms with E-state index in [2.05, 4.69) is 54.1 Å². The SMILES string of the molecule is CN(C)C1C[C@@H]2CC(N(C)Cc3cccc(OCc4ccccn4)c3)C[C@@H]2C1. The lowest BCUT2D eigenvalue weighted by Gasteiger charge is -2.27. The first-order valence-corrected chi connectivity index (χ1v) is 10.6. The van der Waals surface area contributed by atoms with Crippen molar-refractivity contribution in [2.45, 2.75) is 50.9 Å². The van der Waals surface area contributed by atoms with Gasteiger partial charge in [-0.05, 0) is 88.5 Å². The van der Waals surface area contributed by atoms with Crippen LogP contribution in [0.5, 0.6) is 5.75 Å². The summed E-state index contributed by atoms with van der Waals surface area (Å²) >= 11 is 0. The van der Waals surface area contributed by atoms with Crippen LogP contribution in [0.4, 0.5) is 0 Å². The molecule has 2 saturated carbocycles. The van der Waals surface area contributed by atoms with E-state index in [1.54, 1.807) is 0 Å². The maximum atomic E-state index is 5.95. The van der Waals surface area contributed by atoms with E-state index in [1.807, 2.05) is 30.5 Å². The highest BCUT2D eigenvalue weighted by Crippen LogP contribution is 2.46. The summed E-state index contributed by atoms with van der Waals surface area (Å²) in [5, 5.41) is 0. The lowest BCUT2D eigenvalue weighted by Crippen LogP contribution is -2.31. The molecule has 0 bridgehead atoms. The van der Waals surface area contributed by atoms with E-state index in [4.69, 9.17) is 4.74 Å². The molecule has 2 aliphatic rings. The van der Waals surface area contributed by atoms with Gasteiger partial charge in [0.15, 0.2) is 0 Å². The highest BCUT2D eigenvalue weighted by atomic mass is 16.5. The van der Waals surface area contributed by atoms with Crippen molar-refractivity contribution in [1.29, 1.82) is 0 Å². The maximum Gasteiger partial charge on any atom is 0.130 e. The first kappa shape index (κ1) is 19.4. The van der Waals surface area contributed by atoms with Crippen molar-refractivity contribution < 1.29 is 4.74 Å². The van der Waals surface area contributed by atoms with Crippen LogP contribution < -0.4 is 4.74 Å². The number of aromatic nitrogens is 1. The standard InChI is InChI=1S/C24H33N3O/c1-26(2)22-12-19-14-23(15-20(19)13-22)27(3)16-18-7-6-9-24(11-18)28-17-21-8-4-5-10-25-21/h4-11,19-20,22-23H,12-17H2,1-3H3/t19-,20+,22?,23?. The fourth-order valence-electron chi connectivity index (χ4n) is 5.13. The summed E-state index contributed by atoms with van der Waals surface area (Å²) in [6.45, 7) is 1.50.